The minimum atomic E-state index is -1.13. The summed E-state index contributed by atoms with van der Waals surface area (Å²) in [5.74, 6) is 1.40. The van der Waals surface area contributed by atoms with Crippen LogP contribution in [-0.2, 0) is 19.8 Å². The number of aromatic amines is 1. The Bertz CT molecular complexity index is 1640. The summed E-state index contributed by atoms with van der Waals surface area (Å²) in [6.45, 7) is 2.54. The highest BCUT2D eigenvalue weighted by Gasteiger charge is 2.48. The van der Waals surface area contributed by atoms with Gasteiger partial charge in [-0.15, -0.1) is 0 Å². The zero-order valence-corrected chi connectivity index (χ0v) is 28.6. The average Bonchev–Trinajstić information content (AvgIpc) is 3.44. The summed E-state index contributed by atoms with van der Waals surface area (Å²) < 4.78 is 31.8. The van der Waals surface area contributed by atoms with E-state index in [2.05, 4.69) is 11.9 Å². The molecule has 4 aromatic rings. The Morgan fingerprint density at radius 3 is 1.92 bits per heavy atom. The third-order valence-corrected chi connectivity index (χ3v) is 9.13. The summed E-state index contributed by atoms with van der Waals surface area (Å²) >= 11 is 0. The number of nitrogens with zero attached hydrogens (tertiary/aromatic N) is 1. The lowest BCUT2D eigenvalue weighted by Crippen LogP contribution is -2.41. The van der Waals surface area contributed by atoms with Crippen LogP contribution < -0.4 is 20.7 Å². The highest BCUT2D eigenvalue weighted by Crippen LogP contribution is 2.43. The lowest BCUT2D eigenvalue weighted by molar-refractivity contribution is -0.0982. The molecule has 1 aromatic heterocycles. The predicted octanol–water partition coefficient (Wildman–Crippen LogP) is 5.96. The lowest BCUT2D eigenvalue weighted by atomic mass is 9.80. The number of ether oxygens (including phenoxy) is 5. The summed E-state index contributed by atoms with van der Waals surface area (Å²) in [6, 6.07) is 26.5. The Labute approximate surface area is 287 Å². The van der Waals surface area contributed by atoms with Gasteiger partial charge in [0.1, 0.15) is 35.4 Å². The van der Waals surface area contributed by atoms with E-state index in [4.69, 9.17) is 23.7 Å². The van der Waals surface area contributed by atoms with Crippen molar-refractivity contribution in [2.45, 2.75) is 82.0 Å². The summed E-state index contributed by atoms with van der Waals surface area (Å²) in [6.07, 6.45) is 5.30. The summed E-state index contributed by atoms with van der Waals surface area (Å²) in [7, 11) is 3.24. The van der Waals surface area contributed by atoms with E-state index in [-0.39, 0.29) is 6.61 Å². The van der Waals surface area contributed by atoms with E-state index in [1.54, 1.807) is 14.2 Å². The molecule has 1 saturated heterocycles. The van der Waals surface area contributed by atoms with E-state index in [1.165, 1.54) is 42.5 Å². The molecular weight excluding hydrogens is 624 g/mol. The first-order chi connectivity index (χ1) is 23.9. The van der Waals surface area contributed by atoms with Gasteiger partial charge in [0.2, 0.25) is 0 Å². The molecule has 0 unspecified atom stereocenters. The number of benzene rings is 3. The molecule has 1 aliphatic heterocycles. The maximum atomic E-state index is 12.9. The van der Waals surface area contributed by atoms with Crippen LogP contribution in [0, 0.1) is 0 Å². The van der Waals surface area contributed by atoms with Gasteiger partial charge in [-0.1, -0.05) is 100 Å². The molecule has 4 atom stereocenters. The molecule has 10 heteroatoms. The van der Waals surface area contributed by atoms with Crippen LogP contribution in [0.3, 0.4) is 0 Å². The van der Waals surface area contributed by atoms with Gasteiger partial charge >= 0.3 is 5.69 Å². The van der Waals surface area contributed by atoms with Crippen LogP contribution in [0.4, 0.5) is 0 Å². The number of aromatic nitrogens is 2. The van der Waals surface area contributed by atoms with E-state index in [0.717, 1.165) is 36.0 Å². The zero-order chi connectivity index (χ0) is 34.6. The van der Waals surface area contributed by atoms with Gasteiger partial charge in [-0.2, -0.15) is 0 Å². The Morgan fingerprint density at radius 1 is 0.776 bits per heavy atom. The molecular formula is C39H48N2O8. The summed E-state index contributed by atoms with van der Waals surface area (Å²) in [4.78, 5) is 27.1. The van der Waals surface area contributed by atoms with Crippen molar-refractivity contribution >= 4 is 0 Å². The molecule has 1 fully saturated rings. The van der Waals surface area contributed by atoms with Crippen molar-refractivity contribution in [2.75, 3.05) is 27.4 Å². The van der Waals surface area contributed by atoms with Crippen molar-refractivity contribution in [1.82, 2.24) is 9.55 Å². The molecule has 262 valence electrons. The predicted molar refractivity (Wildman–Crippen MR) is 187 cm³/mol. The number of unbranched alkanes of at least 4 members (excludes halogenated alkanes) is 6. The summed E-state index contributed by atoms with van der Waals surface area (Å²) in [5, 5.41) is 11.7. The van der Waals surface area contributed by atoms with Gasteiger partial charge in [0.05, 0.1) is 20.8 Å². The van der Waals surface area contributed by atoms with E-state index in [9.17, 15) is 14.7 Å². The van der Waals surface area contributed by atoms with Gasteiger partial charge in [-0.3, -0.25) is 14.3 Å². The van der Waals surface area contributed by atoms with Gasteiger partial charge in [-0.05, 0) is 47.4 Å². The van der Waals surface area contributed by atoms with Gasteiger partial charge < -0.3 is 28.8 Å². The van der Waals surface area contributed by atoms with Gasteiger partial charge in [0.15, 0.2) is 6.23 Å². The Balaban J connectivity index is 1.45. The number of H-pyrrole nitrogens is 1. The van der Waals surface area contributed by atoms with Gasteiger partial charge in [-0.25, -0.2) is 4.79 Å². The van der Waals surface area contributed by atoms with Gasteiger partial charge in [0, 0.05) is 18.9 Å². The van der Waals surface area contributed by atoms with Crippen LogP contribution in [0.1, 0.15) is 74.8 Å². The van der Waals surface area contributed by atoms with Crippen LogP contribution in [0.15, 0.2) is 101 Å². The molecule has 10 nitrogen and oxygen atoms in total. The highest BCUT2D eigenvalue weighted by molar-refractivity contribution is 5.49. The van der Waals surface area contributed by atoms with Crippen molar-refractivity contribution in [1.29, 1.82) is 0 Å². The molecule has 0 saturated carbocycles. The summed E-state index contributed by atoms with van der Waals surface area (Å²) in [5.41, 5.74) is 0.217. The molecule has 2 N–H and O–H groups in total. The minimum Gasteiger partial charge on any atom is -0.497 e. The second-order valence-corrected chi connectivity index (χ2v) is 12.3. The highest BCUT2D eigenvalue weighted by atomic mass is 16.6. The molecule has 1 aliphatic rings. The van der Waals surface area contributed by atoms with Crippen LogP contribution in [0.5, 0.6) is 11.5 Å². The van der Waals surface area contributed by atoms with Crippen LogP contribution >= 0.6 is 0 Å². The number of rotatable bonds is 18. The second-order valence-electron chi connectivity index (χ2n) is 12.3. The van der Waals surface area contributed by atoms with Crippen LogP contribution in [0.2, 0.25) is 0 Å². The monoisotopic (exact) mass is 672 g/mol. The maximum absolute atomic E-state index is 12.9. The molecule has 3 aromatic carbocycles. The largest absolute Gasteiger partial charge is 0.497 e. The van der Waals surface area contributed by atoms with E-state index in [1.807, 2.05) is 78.9 Å². The molecule has 0 aliphatic carbocycles. The third-order valence-electron chi connectivity index (χ3n) is 9.13. The third kappa shape index (κ3) is 8.51. The first kappa shape index (κ1) is 36.1. The Morgan fingerprint density at radius 2 is 1.35 bits per heavy atom. The van der Waals surface area contributed by atoms with Crippen molar-refractivity contribution in [3.8, 4) is 11.5 Å². The van der Waals surface area contributed by atoms with Crippen LogP contribution in [0.25, 0.3) is 0 Å². The van der Waals surface area contributed by atoms with E-state index < -0.39 is 41.4 Å². The van der Waals surface area contributed by atoms with Gasteiger partial charge in [0.25, 0.3) is 5.56 Å². The number of hydrogen-bond donors (Lipinski definition) is 2. The maximum Gasteiger partial charge on any atom is 0.330 e. The molecule has 0 amide bonds. The van der Waals surface area contributed by atoms with E-state index in [0.29, 0.717) is 18.1 Å². The minimum absolute atomic E-state index is 0.0555. The van der Waals surface area contributed by atoms with Crippen molar-refractivity contribution in [3.05, 3.63) is 129 Å². The molecule has 0 bridgehead atoms. The molecule has 49 heavy (non-hydrogen) atoms. The number of aliphatic hydroxyl groups is 1. The fraction of sp³-hybridized carbons (Fsp3) is 0.436. The van der Waals surface area contributed by atoms with Crippen molar-refractivity contribution in [2.24, 2.45) is 0 Å². The van der Waals surface area contributed by atoms with Crippen LogP contribution in [-0.4, -0.2) is 60.4 Å². The lowest BCUT2D eigenvalue weighted by Gasteiger charge is -2.37. The molecule has 0 radical (unpaired) electrons. The average molecular weight is 673 g/mol. The molecule has 2 heterocycles. The fourth-order valence-electron chi connectivity index (χ4n) is 6.45. The molecule has 0 spiro atoms. The second kappa shape index (κ2) is 17.4. The fourth-order valence-corrected chi connectivity index (χ4v) is 6.45. The Kier molecular flexibility index (Phi) is 12.8. The topological polar surface area (TPSA) is 121 Å². The number of hydrogen-bond acceptors (Lipinski definition) is 8. The number of methoxy groups -OCH3 is 2. The standard InChI is InChI=1S/C39H48N2O8/c1-4-5-6-7-8-9-13-26-47-36-35(43)33(49-37(36)41-25-24-34(42)40-38(41)44)27-48-39(28-14-11-10-12-15-28,29-16-20-31(45-2)21-17-29)30-18-22-32(46-3)23-19-30/h10-12,14-25,33,35-37,43H,4-9,13,26-27H2,1-3H3,(H,40,42,44)/t33-,35-,36-,37-/m1/s1. The van der Waals surface area contributed by atoms with Crippen molar-refractivity contribution in [3.63, 3.8) is 0 Å². The number of nitrogens with one attached hydrogen (secondary N) is 1. The Hall–Kier alpha value is -4.22. The normalized spacial score (nSPS) is 19.2. The van der Waals surface area contributed by atoms with E-state index >= 15 is 0 Å². The quantitative estimate of drug-likeness (QED) is 0.0982. The SMILES string of the molecule is CCCCCCCCCO[C@@H]1[C@H](O)[C@@H](COC(c2ccccc2)(c2ccc(OC)cc2)c2ccc(OC)cc2)O[C@H]1n1ccc(=O)[nH]c1=O. The zero-order valence-electron chi connectivity index (χ0n) is 28.6. The molecule has 5 rings (SSSR count). The number of aliphatic hydroxyl groups excluding tert-OH is 1. The smallest absolute Gasteiger partial charge is 0.330 e. The van der Waals surface area contributed by atoms with Crippen molar-refractivity contribution < 1.29 is 28.8 Å². The first-order valence-corrected chi connectivity index (χ1v) is 17.2. The first-order valence-electron chi connectivity index (χ1n) is 17.2.